The molecule has 5 heteroatoms. The van der Waals surface area contributed by atoms with E-state index in [9.17, 15) is 0 Å². The van der Waals surface area contributed by atoms with E-state index in [-0.39, 0.29) is 0 Å². The van der Waals surface area contributed by atoms with Crippen LogP contribution in [0.1, 0.15) is 22.9 Å². The first-order valence-electron chi connectivity index (χ1n) is 18.2. The summed E-state index contributed by atoms with van der Waals surface area (Å²) in [6, 6.07) is 61.0. The Morgan fingerprint density at radius 2 is 1.07 bits per heavy atom. The van der Waals surface area contributed by atoms with E-state index < -0.39 is 6.17 Å². The summed E-state index contributed by atoms with van der Waals surface area (Å²) >= 11 is 0. The number of aliphatic imine (C=N–C) groups is 2. The average molecular weight is 694 g/mol. The van der Waals surface area contributed by atoms with E-state index in [1.807, 2.05) is 48.5 Å². The molecule has 11 rings (SSSR count). The first kappa shape index (κ1) is 30.4. The molecule has 10 aromatic rings. The summed E-state index contributed by atoms with van der Waals surface area (Å²) in [5.74, 6) is 1.38. The zero-order valence-electron chi connectivity index (χ0n) is 29.0. The Kier molecular flexibility index (Phi) is 6.85. The second kappa shape index (κ2) is 12.2. The highest BCUT2D eigenvalue weighted by molar-refractivity contribution is 6.20. The predicted octanol–water partition coefficient (Wildman–Crippen LogP) is 12.5. The van der Waals surface area contributed by atoms with Crippen LogP contribution in [0.5, 0.6) is 0 Å². The molecule has 1 aliphatic rings. The summed E-state index contributed by atoms with van der Waals surface area (Å²) in [7, 11) is 0. The van der Waals surface area contributed by atoms with Gasteiger partial charge < -0.3 is 14.2 Å². The summed E-state index contributed by atoms with van der Waals surface area (Å²) in [6.45, 7) is 0. The number of nitrogens with one attached hydrogen (secondary N) is 1. The van der Waals surface area contributed by atoms with Crippen LogP contribution in [0.25, 0.3) is 76.9 Å². The van der Waals surface area contributed by atoms with Gasteiger partial charge in [-0.3, -0.25) is 0 Å². The van der Waals surface area contributed by atoms with Crippen LogP contribution >= 0.6 is 0 Å². The van der Waals surface area contributed by atoms with Crippen LogP contribution in [0.15, 0.2) is 195 Å². The highest BCUT2D eigenvalue weighted by Crippen LogP contribution is 2.43. The summed E-state index contributed by atoms with van der Waals surface area (Å²) in [5, 5.41) is 10.3. The number of hydrogen-bond donors (Lipinski definition) is 1. The zero-order valence-corrected chi connectivity index (χ0v) is 29.0. The Morgan fingerprint density at radius 3 is 1.87 bits per heavy atom. The average Bonchev–Trinajstić information content (AvgIpc) is 3.82. The fraction of sp³-hybridized carbons (Fsp3) is 0.0204. The van der Waals surface area contributed by atoms with Crippen molar-refractivity contribution in [2.24, 2.45) is 9.98 Å². The van der Waals surface area contributed by atoms with E-state index in [0.29, 0.717) is 11.7 Å². The molecule has 1 unspecified atom stereocenters. The third-order valence-corrected chi connectivity index (χ3v) is 10.6. The van der Waals surface area contributed by atoms with Gasteiger partial charge in [0.15, 0.2) is 5.84 Å². The van der Waals surface area contributed by atoms with Crippen LogP contribution in [0.3, 0.4) is 0 Å². The number of hydrogen-bond acceptors (Lipinski definition) is 5. The van der Waals surface area contributed by atoms with Gasteiger partial charge in [-0.1, -0.05) is 146 Å². The van der Waals surface area contributed by atoms with E-state index in [1.54, 1.807) is 0 Å². The number of furan rings is 2. The molecular weight excluding hydrogens is 663 g/mol. The van der Waals surface area contributed by atoms with Gasteiger partial charge in [-0.2, -0.15) is 0 Å². The molecule has 1 N–H and O–H groups in total. The molecule has 5 nitrogen and oxygen atoms in total. The van der Waals surface area contributed by atoms with Gasteiger partial charge in [-0.25, -0.2) is 9.98 Å². The fourth-order valence-corrected chi connectivity index (χ4v) is 8.06. The standard InChI is InChI=1S/C49H31N3O2/c1-3-14-30(15-4-1)32-28-41(45-39-21-10-12-25-43(39)53-44(45)29-32)35-26-27-38(34-19-8-7-18-33(34)35)48-50-47(31-16-5-2-6-17-31)51-49(52-48)40-23-13-22-37-36-20-9-11-24-42(36)54-46(37)40/h1-29,48H,(H,50,51,52). The zero-order chi connectivity index (χ0) is 35.6. The van der Waals surface area contributed by atoms with Gasteiger partial charge in [-0.05, 0) is 63.4 Å². The van der Waals surface area contributed by atoms with Crippen molar-refractivity contribution in [1.29, 1.82) is 0 Å². The topological polar surface area (TPSA) is 63.0 Å². The summed E-state index contributed by atoms with van der Waals surface area (Å²) in [5.41, 5.74) is 10.8. The van der Waals surface area contributed by atoms with Gasteiger partial charge in [0.2, 0.25) is 0 Å². The number of benzene rings is 8. The minimum atomic E-state index is -0.420. The van der Waals surface area contributed by atoms with Crippen LogP contribution in [0.4, 0.5) is 0 Å². The van der Waals surface area contributed by atoms with Crippen molar-refractivity contribution in [3.8, 4) is 22.3 Å². The third kappa shape index (κ3) is 4.86. The maximum Gasteiger partial charge on any atom is 0.159 e. The van der Waals surface area contributed by atoms with Crippen molar-refractivity contribution in [2.45, 2.75) is 6.17 Å². The third-order valence-electron chi connectivity index (χ3n) is 10.6. The van der Waals surface area contributed by atoms with E-state index in [0.717, 1.165) is 93.6 Å². The predicted molar refractivity (Wildman–Crippen MR) is 221 cm³/mol. The molecular formula is C49H31N3O2. The second-order valence-electron chi connectivity index (χ2n) is 13.7. The molecule has 2 aromatic heterocycles. The lowest BCUT2D eigenvalue weighted by Gasteiger charge is -2.25. The van der Waals surface area contributed by atoms with Crippen molar-refractivity contribution in [2.75, 3.05) is 0 Å². The number of nitrogens with zero attached hydrogens (tertiary/aromatic N) is 2. The highest BCUT2D eigenvalue weighted by Gasteiger charge is 2.26. The van der Waals surface area contributed by atoms with Gasteiger partial charge in [0.25, 0.3) is 0 Å². The van der Waals surface area contributed by atoms with Crippen molar-refractivity contribution in [1.82, 2.24) is 5.32 Å². The van der Waals surface area contributed by atoms with Crippen LogP contribution in [0, 0.1) is 0 Å². The van der Waals surface area contributed by atoms with Crippen LogP contribution in [-0.2, 0) is 0 Å². The van der Waals surface area contributed by atoms with E-state index in [4.69, 9.17) is 18.8 Å². The molecule has 1 aliphatic heterocycles. The van der Waals surface area contributed by atoms with Crippen LogP contribution < -0.4 is 5.32 Å². The van der Waals surface area contributed by atoms with Gasteiger partial charge >= 0.3 is 0 Å². The smallest absolute Gasteiger partial charge is 0.159 e. The summed E-state index contributed by atoms with van der Waals surface area (Å²) in [4.78, 5) is 10.4. The first-order valence-corrected chi connectivity index (χ1v) is 18.2. The molecule has 0 bridgehead atoms. The second-order valence-corrected chi connectivity index (χ2v) is 13.7. The number of fused-ring (bicyclic) bond motifs is 7. The molecule has 54 heavy (non-hydrogen) atoms. The maximum atomic E-state index is 6.52. The Morgan fingerprint density at radius 1 is 0.426 bits per heavy atom. The Balaban J connectivity index is 1.11. The molecule has 8 aromatic carbocycles. The fourth-order valence-electron chi connectivity index (χ4n) is 8.06. The molecule has 0 amide bonds. The van der Waals surface area contributed by atoms with E-state index >= 15 is 0 Å². The number of para-hydroxylation sites is 3. The van der Waals surface area contributed by atoms with Gasteiger partial charge in [-0.15, -0.1) is 0 Å². The normalized spacial score (nSPS) is 14.5. The lowest BCUT2D eigenvalue weighted by Crippen LogP contribution is -2.33. The van der Waals surface area contributed by atoms with Crippen molar-refractivity contribution >= 4 is 66.3 Å². The Labute approximate surface area is 310 Å². The Bertz CT molecular complexity index is 3140. The molecule has 0 aliphatic carbocycles. The largest absolute Gasteiger partial charge is 0.456 e. The minimum absolute atomic E-state index is 0.420. The summed E-state index contributed by atoms with van der Waals surface area (Å²) in [6.07, 6.45) is -0.420. The molecule has 254 valence electrons. The van der Waals surface area contributed by atoms with Crippen molar-refractivity contribution in [3.63, 3.8) is 0 Å². The van der Waals surface area contributed by atoms with Crippen molar-refractivity contribution < 1.29 is 8.83 Å². The minimum Gasteiger partial charge on any atom is -0.456 e. The van der Waals surface area contributed by atoms with Crippen LogP contribution in [-0.4, -0.2) is 11.7 Å². The lowest BCUT2D eigenvalue weighted by molar-refractivity contribution is 0.661. The molecule has 0 radical (unpaired) electrons. The molecule has 0 saturated heterocycles. The summed E-state index contributed by atoms with van der Waals surface area (Å²) < 4.78 is 13.0. The number of rotatable bonds is 5. The van der Waals surface area contributed by atoms with Gasteiger partial charge in [0.1, 0.15) is 34.3 Å². The molecule has 0 fully saturated rings. The van der Waals surface area contributed by atoms with E-state index in [1.165, 1.54) is 0 Å². The SMILES string of the molecule is c1ccc(C2=NC(c3ccc(-c4cc(-c5ccccc5)cc5oc6ccccc6c45)c4ccccc34)NC(c3cccc4c3oc3ccccc34)=N2)cc1. The molecule has 3 heterocycles. The monoisotopic (exact) mass is 693 g/mol. The van der Waals surface area contributed by atoms with Gasteiger partial charge in [0, 0.05) is 32.7 Å². The lowest BCUT2D eigenvalue weighted by atomic mass is 9.89. The van der Waals surface area contributed by atoms with Gasteiger partial charge in [0.05, 0.1) is 5.56 Å². The quantitative estimate of drug-likeness (QED) is 0.195. The maximum absolute atomic E-state index is 6.52. The molecule has 1 atom stereocenters. The first-order chi connectivity index (χ1) is 26.8. The van der Waals surface area contributed by atoms with Crippen LogP contribution in [0.2, 0.25) is 0 Å². The Hall–Kier alpha value is -7.24. The highest BCUT2D eigenvalue weighted by atomic mass is 16.3. The number of amidine groups is 2. The van der Waals surface area contributed by atoms with Crippen molar-refractivity contribution in [3.05, 3.63) is 193 Å². The van der Waals surface area contributed by atoms with E-state index in [2.05, 4.69) is 133 Å². The molecule has 0 saturated carbocycles. The molecule has 0 spiro atoms.